The predicted octanol–water partition coefficient (Wildman–Crippen LogP) is 5.19. The average Bonchev–Trinajstić information content (AvgIpc) is 3.12. The third-order valence-electron chi connectivity index (χ3n) is 5.17. The summed E-state index contributed by atoms with van der Waals surface area (Å²) in [4.78, 5) is 39.3. The van der Waals surface area contributed by atoms with E-state index in [0.29, 0.717) is 27.0 Å². The maximum atomic E-state index is 12.8. The van der Waals surface area contributed by atoms with Crippen molar-refractivity contribution in [1.82, 2.24) is 4.90 Å². The van der Waals surface area contributed by atoms with Crippen LogP contribution in [0.5, 0.6) is 0 Å². The number of thioether (sulfide) groups is 1. The van der Waals surface area contributed by atoms with E-state index >= 15 is 0 Å². The Balaban J connectivity index is 1.33. The van der Waals surface area contributed by atoms with Crippen LogP contribution in [0.2, 0.25) is 0 Å². The minimum atomic E-state index is -0.607. The summed E-state index contributed by atoms with van der Waals surface area (Å²) in [7, 11) is 0. The highest BCUT2D eigenvalue weighted by Gasteiger charge is 2.31. The van der Waals surface area contributed by atoms with Crippen molar-refractivity contribution in [3.8, 4) is 0 Å². The Morgan fingerprint density at radius 3 is 2.37 bits per heavy atom. The molecule has 35 heavy (non-hydrogen) atoms. The maximum Gasteiger partial charge on any atom is 0.338 e. The number of nitrogens with one attached hydrogen (secondary N) is 1. The number of anilines is 1. The molecular weight excluding hydrogens is 480 g/mol. The lowest BCUT2D eigenvalue weighted by molar-refractivity contribution is -0.122. The van der Waals surface area contributed by atoms with Crippen molar-refractivity contribution >= 4 is 57.8 Å². The molecule has 3 aromatic rings. The van der Waals surface area contributed by atoms with Crippen LogP contribution in [-0.4, -0.2) is 33.6 Å². The number of hydrogen-bond acceptors (Lipinski definition) is 6. The Kier molecular flexibility index (Phi) is 7.74. The van der Waals surface area contributed by atoms with E-state index in [9.17, 15) is 14.4 Å². The molecule has 1 aliphatic rings. The number of aryl methyl sites for hydroxylation is 1. The van der Waals surface area contributed by atoms with Crippen molar-refractivity contribution in [1.29, 1.82) is 0 Å². The molecule has 0 bridgehead atoms. The van der Waals surface area contributed by atoms with Crippen LogP contribution in [0.1, 0.15) is 27.0 Å². The second-order valence-corrected chi connectivity index (χ2v) is 9.54. The molecule has 3 aromatic carbocycles. The van der Waals surface area contributed by atoms with Crippen molar-refractivity contribution in [2.45, 2.75) is 13.5 Å². The topological polar surface area (TPSA) is 75.7 Å². The zero-order valence-electron chi connectivity index (χ0n) is 18.9. The van der Waals surface area contributed by atoms with Gasteiger partial charge in [0.05, 0.1) is 17.0 Å². The number of carbonyl (C=O) groups excluding carboxylic acids is 3. The Morgan fingerprint density at radius 1 is 1.00 bits per heavy atom. The minimum Gasteiger partial charge on any atom is -0.452 e. The summed E-state index contributed by atoms with van der Waals surface area (Å²) in [6, 6.07) is 23.6. The van der Waals surface area contributed by atoms with Gasteiger partial charge in [0, 0.05) is 5.69 Å². The zero-order valence-corrected chi connectivity index (χ0v) is 20.5. The molecule has 0 atom stereocenters. The van der Waals surface area contributed by atoms with Crippen molar-refractivity contribution in [2.75, 3.05) is 11.9 Å². The van der Waals surface area contributed by atoms with Crippen molar-refractivity contribution in [2.24, 2.45) is 0 Å². The summed E-state index contributed by atoms with van der Waals surface area (Å²) in [6.07, 6.45) is 1.74. The molecule has 0 radical (unpaired) electrons. The molecule has 2 amide bonds. The number of esters is 1. The predicted molar refractivity (Wildman–Crippen MR) is 142 cm³/mol. The van der Waals surface area contributed by atoms with Gasteiger partial charge in [-0.05, 0) is 48.4 Å². The number of thiocarbonyl (C=S) groups is 1. The Morgan fingerprint density at radius 2 is 1.69 bits per heavy atom. The zero-order chi connectivity index (χ0) is 24.8. The van der Waals surface area contributed by atoms with Crippen LogP contribution < -0.4 is 5.32 Å². The van der Waals surface area contributed by atoms with Gasteiger partial charge >= 0.3 is 5.97 Å². The van der Waals surface area contributed by atoms with Crippen LogP contribution in [0, 0.1) is 6.92 Å². The van der Waals surface area contributed by atoms with Crippen molar-refractivity contribution in [3.63, 3.8) is 0 Å². The largest absolute Gasteiger partial charge is 0.452 e. The van der Waals surface area contributed by atoms with Gasteiger partial charge < -0.3 is 10.1 Å². The summed E-state index contributed by atoms with van der Waals surface area (Å²) < 4.78 is 5.62. The minimum absolute atomic E-state index is 0.146. The quantitative estimate of drug-likeness (QED) is 0.272. The van der Waals surface area contributed by atoms with Gasteiger partial charge in [0.2, 0.25) is 0 Å². The molecule has 0 aliphatic carbocycles. The number of amides is 2. The molecule has 8 heteroatoms. The fraction of sp³-hybridized carbons (Fsp3) is 0.111. The molecule has 176 valence electrons. The van der Waals surface area contributed by atoms with E-state index in [1.54, 1.807) is 47.4 Å². The smallest absolute Gasteiger partial charge is 0.338 e. The first kappa shape index (κ1) is 24.4. The molecule has 0 saturated carbocycles. The normalized spacial score (nSPS) is 14.3. The number of rotatable bonds is 7. The highest BCUT2D eigenvalue weighted by atomic mass is 32.2. The van der Waals surface area contributed by atoms with E-state index in [2.05, 4.69) is 5.32 Å². The van der Waals surface area contributed by atoms with E-state index in [0.717, 1.165) is 16.7 Å². The SMILES string of the molecule is Cc1ccc(NC(=O)COC(=O)c2ccc(/C=C3/SC(=S)N(Cc4ccccc4)C3=O)cc2)cc1. The van der Waals surface area contributed by atoms with Crippen LogP contribution >= 0.6 is 24.0 Å². The average molecular weight is 503 g/mol. The van der Waals surface area contributed by atoms with Crippen LogP contribution in [-0.2, 0) is 20.9 Å². The van der Waals surface area contributed by atoms with Crippen LogP contribution in [0.3, 0.4) is 0 Å². The first-order valence-corrected chi connectivity index (χ1v) is 12.0. The molecule has 4 rings (SSSR count). The maximum absolute atomic E-state index is 12.8. The van der Waals surface area contributed by atoms with Crippen molar-refractivity contribution in [3.05, 3.63) is 106 Å². The summed E-state index contributed by atoms with van der Waals surface area (Å²) >= 11 is 6.65. The fourth-order valence-corrected chi connectivity index (χ4v) is 4.57. The Labute approximate surface area is 213 Å². The van der Waals surface area contributed by atoms with Crippen LogP contribution in [0.4, 0.5) is 5.69 Å². The number of hydrogen-bond donors (Lipinski definition) is 1. The molecule has 1 fully saturated rings. The van der Waals surface area contributed by atoms with E-state index in [4.69, 9.17) is 17.0 Å². The lowest BCUT2D eigenvalue weighted by Gasteiger charge is -2.14. The molecule has 0 unspecified atom stereocenters. The third kappa shape index (κ3) is 6.44. The van der Waals surface area contributed by atoms with E-state index in [1.165, 1.54) is 11.8 Å². The Bertz CT molecular complexity index is 1290. The monoisotopic (exact) mass is 502 g/mol. The molecule has 1 saturated heterocycles. The number of ether oxygens (including phenoxy) is 1. The lowest BCUT2D eigenvalue weighted by atomic mass is 10.1. The summed E-state index contributed by atoms with van der Waals surface area (Å²) in [5.41, 5.74) is 3.77. The van der Waals surface area contributed by atoms with Crippen LogP contribution in [0.15, 0.2) is 83.8 Å². The van der Waals surface area contributed by atoms with Gasteiger partial charge in [-0.2, -0.15) is 0 Å². The lowest BCUT2D eigenvalue weighted by Crippen LogP contribution is -2.27. The third-order valence-corrected chi connectivity index (χ3v) is 6.55. The highest BCUT2D eigenvalue weighted by molar-refractivity contribution is 8.26. The van der Waals surface area contributed by atoms with Crippen molar-refractivity contribution < 1.29 is 19.1 Å². The molecule has 0 spiro atoms. The molecule has 6 nitrogen and oxygen atoms in total. The molecule has 1 aliphatic heterocycles. The molecule has 0 aromatic heterocycles. The van der Waals surface area contributed by atoms with Gasteiger partial charge in [0.15, 0.2) is 6.61 Å². The molecule has 1 heterocycles. The first-order valence-electron chi connectivity index (χ1n) is 10.8. The van der Waals surface area contributed by atoms with Crippen LogP contribution in [0.25, 0.3) is 6.08 Å². The molecular formula is C27H22N2O4S2. The summed E-state index contributed by atoms with van der Waals surface area (Å²) in [6.45, 7) is 1.98. The fourth-order valence-electron chi connectivity index (χ4n) is 3.32. The summed E-state index contributed by atoms with van der Waals surface area (Å²) in [5.74, 6) is -1.17. The number of nitrogens with zero attached hydrogens (tertiary/aromatic N) is 1. The Hall–Kier alpha value is -3.75. The molecule has 1 N–H and O–H groups in total. The van der Waals surface area contributed by atoms with E-state index < -0.39 is 18.5 Å². The van der Waals surface area contributed by atoms with Gasteiger partial charge in [-0.15, -0.1) is 0 Å². The first-order chi connectivity index (χ1) is 16.9. The van der Waals surface area contributed by atoms with Gasteiger partial charge in [-0.25, -0.2) is 4.79 Å². The van der Waals surface area contributed by atoms with E-state index in [-0.39, 0.29) is 5.91 Å². The van der Waals surface area contributed by atoms with Gasteiger partial charge in [0.25, 0.3) is 11.8 Å². The number of carbonyl (C=O) groups is 3. The second-order valence-electron chi connectivity index (χ2n) is 7.87. The standard InChI is InChI=1S/C27H22N2O4S2/c1-18-7-13-22(14-8-18)28-24(30)17-33-26(32)21-11-9-19(10-12-21)15-23-25(31)29(27(34)35-23)16-20-5-3-2-4-6-20/h2-15H,16-17H2,1H3,(H,28,30)/b23-15+. The van der Waals surface area contributed by atoms with E-state index in [1.807, 2.05) is 49.4 Å². The van der Waals surface area contributed by atoms with Gasteiger partial charge in [-0.3, -0.25) is 14.5 Å². The summed E-state index contributed by atoms with van der Waals surface area (Å²) in [5, 5.41) is 2.68. The number of benzene rings is 3. The van der Waals surface area contributed by atoms with Gasteiger partial charge in [-0.1, -0.05) is 84.1 Å². The van der Waals surface area contributed by atoms with Gasteiger partial charge in [0.1, 0.15) is 4.32 Å². The highest BCUT2D eigenvalue weighted by Crippen LogP contribution is 2.33. The second kappa shape index (κ2) is 11.1.